The zero-order valence-electron chi connectivity index (χ0n) is 7.50. The second kappa shape index (κ2) is 7.88. The molecular weight excluding hydrogens is 192 g/mol. The molecule has 0 aliphatic heterocycles. The van der Waals surface area contributed by atoms with E-state index >= 15 is 0 Å². The Kier molecular flexibility index (Phi) is 7.42. The van der Waals surface area contributed by atoms with Crippen LogP contribution in [0.15, 0.2) is 0 Å². The van der Waals surface area contributed by atoms with Gasteiger partial charge in [0.2, 0.25) is 11.8 Å². The Balaban J connectivity index is 3.25. The number of carbonyl (C=O) groups excluding carboxylic acids is 2. The Morgan fingerprint density at radius 1 is 1.38 bits per heavy atom. The Hall–Kier alpha value is -0.750. The minimum atomic E-state index is -0.297. The van der Waals surface area contributed by atoms with Gasteiger partial charge in [0, 0.05) is 13.5 Å². The van der Waals surface area contributed by atoms with E-state index in [1.54, 1.807) is 0 Å². The molecule has 0 spiro atoms. The van der Waals surface area contributed by atoms with E-state index in [0.717, 1.165) is 5.75 Å². The Morgan fingerprint density at radius 3 is 2.62 bits per heavy atom. The van der Waals surface area contributed by atoms with Crippen molar-refractivity contribution in [2.45, 2.75) is 13.3 Å². The van der Waals surface area contributed by atoms with E-state index in [4.69, 9.17) is 5.11 Å². The molecule has 0 fully saturated rings. The molecular formula is C7H14N2O3S. The van der Waals surface area contributed by atoms with Gasteiger partial charge in [-0.3, -0.25) is 20.4 Å². The minimum absolute atomic E-state index is 0.139. The van der Waals surface area contributed by atoms with Crippen LogP contribution in [0.25, 0.3) is 0 Å². The first-order chi connectivity index (χ1) is 6.16. The van der Waals surface area contributed by atoms with Crippen molar-refractivity contribution in [2.24, 2.45) is 0 Å². The summed E-state index contributed by atoms with van der Waals surface area (Å²) in [5.41, 5.74) is 4.42. The van der Waals surface area contributed by atoms with Gasteiger partial charge < -0.3 is 5.11 Å². The van der Waals surface area contributed by atoms with E-state index in [-0.39, 0.29) is 18.4 Å². The van der Waals surface area contributed by atoms with Gasteiger partial charge >= 0.3 is 0 Å². The summed E-state index contributed by atoms with van der Waals surface area (Å²) in [5.74, 6) is 0.497. The zero-order chi connectivity index (χ0) is 10.1. The molecule has 13 heavy (non-hydrogen) atoms. The molecule has 0 atom stereocenters. The number of aliphatic hydroxyl groups is 1. The van der Waals surface area contributed by atoms with Gasteiger partial charge in [0.05, 0.1) is 5.75 Å². The molecule has 0 aromatic carbocycles. The van der Waals surface area contributed by atoms with Crippen molar-refractivity contribution in [3.05, 3.63) is 0 Å². The average molecular weight is 206 g/mol. The van der Waals surface area contributed by atoms with E-state index in [2.05, 4.69) is 10.9 Å². The van der Waals surface area contributed by atoms with E-state index in [0.29, 0.717) is 12.2 Å². The molecule has 0 radical (unpaired) electrons. The molecule has 0 unspecified atom stereocenters. The highest BCUT2D eigenvalue weighted by Gasteiger charge is 2.00. The lowest BCUT2D eigenvalue weighted by Gasteiger charge is -2.03. The highest BCUT2D eigenvalue weighted by molar-refractivity contribution is 7.99. The summed E-state index contributed by atoms with van der Waals surface area (Å²) in [6, 6.07) is 0. The van der Waals surface area contributed by atoms with Crippen LogP contribution in [0.1, 0.15) is 13.3 Å². The summed E-state index contributed by atoms with van der Waals surface area (Å²) in [7, 11) is 0. The van der Waals surface area contributed by atoms with Crippen LogP contribution in [0.2, 0.25) is 0 Å². The molecule has 2 amide bonds. The molecule has 0 bridgehead atoms. The summed E-state index contributed by atoms with van der Waals surface area (Å²) >= 11 is 1.41. The monoisotopic (exact) mass is 206 g/mol. The van der Waals surface area contributed by atoms with Crippen molar-refractivity contribution in [2.75, 3.05) is 18.1 Å². The first-order valence-corrected chi connectivity index (χ1v) is 5.06. The predicted molar refractivity (Wildman–Crippen MR) is 51.0 cm³/mol. The van der Waals surface area contributed by atoms with Crippen LogP contribution in [0.4, 0.5) is 0 Å². The number of aliphatic hydroxyl groups excluding tert-OH is 1. The van der Waals surface area contributed by atoms with Crippen molar-refractivity contribution in [1.29, 1.82) is 0 Å². The third-order valence-electron chi connectivity index (χ3n) is 1.06. The second-order valence-electron chi connectivity index (χ2n) is 2.36. The van der Waals surface area contributed by atoms with Crippen LogP contribution >= 0.6 is 11.8 Å². The molecule has 0 aliphatic rings. The van der Waals surface area contributed by atoms with Crippen molar-refractivity contribution >= 4 is 23.6 Å². The predicted octanol–water partition coefficient (Wildman–Crippen LogP) is -0.731. The summed E-state index contributed by atoms with van der Waals surface area (Å²) in [4.78, 5) is 21.3. The Morgan fingerprint density at radius 2 is 2.08 bits per heavy atom. The molecule has 0 saturated carbocycles. The summed E-state index contributed by atoms with van der Waals surface area (Å²) in [5, 5.41) is 8.44. The lowest BCUT2D eigenvalue weighted by atomic mass is 10.5. The molecule has 0 heterocycles. The lowest BCUT2D eigenvalue weighted by molar-refractivity contribution is -0.126. The third-order valence-corrected chi connectivity index (χ3v) is 2.10. The quantitative estimate of drug-likeness (QED) is 0.409. The van der Waals surface area contributed by atoms with Gasteiger partial charge in [0.1, 0.15) is 0 Å². The van der Waals surface area contributed by atoms with Crippen molar-refractivity contribution in [3.8, 4) is 0 Å². The number of hydrazine groups is 1. The fraction of sp³-hybridized carbons (Fsp3) is 0.714. The minimum Gasteiger partial charge on any atom is -0.396 e. The average Bonchev–Trinajstić information content (AvgIpc) is 2.09. The topological polar surface area (TPSA) is 78.4 Å². The van der Waals surface area contributed by atoms with Crippen LogP contribution in [-0.2, 0) is 9.59 Å². The first kappa shape index (κ1) is 12.2. The number of carbonyl (C=O) groups is 2. The van der Waals surface area contributed by atoms with Crippen molar-refractivity contribution in [3.63, 3.8) is 0 Å². The third kappa shape index (κ3) is 9.16. The second-order valence-corrected chi connectivity index (χ2v) is 3.46. The zero-order valence-corrected chi connectivity index (χ0v) is 8.32. The number of thioether (sulfide) groups is 1. The van der Waals surface area contributed by atoms with Crippen LogP contribution in [-0.4, -0.2) is 35.0 Å². The normalized spacial score (nSPS) is 9.38. The van der Waals surface area contributed by atoms with Gasteiger partial charge in [-0.25, -0.2) is 0 Å². The number of rotatable bonds is 5. The Labute approximate surface area is 81.2 Å². The van der Waals surface area contributed by atoms with Crippen molar-refractivity contribution in [1.82, 2.24) is 10.9 Å². The standard InChI is InChI=1S/C7H14N2O3S/c1-6(11)8-9-7(12)5-13-4-2-3-10/h10H,2-5H2,1H3,(H,8,11)(H,9,12). The van der Waals surface area contributed by atoms with E-state index in [1.165, 1.54) is 18.7 Å². The molecule has 3 N–H and O–H groups in total. The summed E-state index contributed by atoms with van der Waals surface area (Å²) in [6.07, 6.45) is 0.679. The fourth-order valence-electron chi connectivity index (χ4n) is 0.525. The highest BCUT2D eigenvalue weighted by atomic mass is 32.2. The van der Waals surface area contributed by atoms with Crippen LogP contribution in [0.5, 0.6) is 0 Å². The van der Waals surface area contributed by atoms with Gasteiger partial charge in [-0.05, 0) is 12.2 Å². The summed E-state index contributed by atoms with van der Waals surface area (Å²) < 4.78 is 0. The molecule has 5 nitrogen and oxygen atoms in total. The first-order valence-electron chi connectivity index (χ1n) is 3.91. The number of amides is 2. The molecule has 0 aromatic heterocycles. The number of hydrogen-bond donors (Lipinski definition) is 3. The molecule has 0 rings (SSSR count). The molecule has 6 heteroatoms. The van der Waals surface area contributed by atoms with Gasteiger partial charge in [0.25, 0.3) is 0 Å². The SMILES string of the molecule is CC(=O)NNC(=O)CSCCCO. The molecule has 0 aliphatic carbocycles. The highest BCUT2D eigenvalue weighted by Crippen LogP contribution is 2.00. The van der Waals surface area contributed by atoms with Crippen molar-refractivity contribution < 1.29 is 14.7 Å². The maximum Gasteiger partial charge on any atom is 0.248 e. The molecule has 0 aromatic rings. The fourth-order valence-corrected chi connectivity index (χ4v) is 1.26. The largest absolute Gasteiger partial charge is 0.396 e. The lowest BCUT2D eigenvalue weighted by Crippen LogP contribution is -2.41. The summed E-state index contributed by atoms with van der Waals surface area (Å²) in [6.45, 7) is 1.46. The van der Waals surface area contributed by atoms with Gasteiger partial charge in [-0.15, -0.1) is 0 Å². The van der Waals surface area contributed by atoms with Crippen LogP contribution in [0.3, 0.4) is 0 Å². The van der Waals surface area contributed by atoms with Gasteiger partial charge in [0.15, 0.2) is 0 Å². The molecule has 0 saturated heterocycles. The maximum absolute atomic E-state index is 10.9. The molecule has 76 valence electrons. The number of nitrogens with one attached hydrogen (secondary N) is 2. The number of hydrogen-bond acceptors (Lipinski definition) is 4. The van der Waals surface area contributed by atoms with Crippen LogP contribution in [0, 0.1) is 0 Å². The van der Waals surface area contributed by atoms with E-state index < -0.39 is 0 Å². The van der Waals surface area contributed by atoms with Gasteiger partial charge in [-0.2, -0.15) is 11.8 Å². The van der Waals surface area contributed by atoms with Crippen LogP contribution < -0.4 is 10.9 Å². The van der Waals surface area contributed by atoms with E-state index in [1.807, 2.05) is 0 Å². The van der Waals surface area contributed by atoms with E-state index in [9.17, 15) is 9.59 Å². The Bertz CT molecular complexity index is 175. The van der Waals surface area contributed by atoms with Gasteiger partial charge in [-0.1, -0.05) is 0 Å². The smallest absolute Gasteiger partial charge is 0.248 e. The maximum atomic E-state index is 10.9.